The Balaban J connectivity index is 2.11. The van der Waals surface area contributed by atoms with E-state index < -0.39 is 0 Å². The van der Waals surface area contributed by atoms with E-state index in [0.717, 1.165) is 12.1 Å². The van der Waals surface area contributed by atoms with Gasteiger partial charge in [0.2, 0.25) is 0 Å². The fourth-order valence-corrected chi connectivity index (χ4v) is 2.47. The third kappa shape index (κ3) is 2.19. The van der Waals surface area contributed by atoms with Crippen molar-refractivity contribution in [1.82, 2.24) is 0 Å². The summed E-state index contributed by atoms with van der Waals surface area (Å²) in [5, 5.41) is 3.43. The maximum Gasteiger partial charge on any atom is 0.128 e. The van der Waals surface area contributed by atoms with Crippen molar-refractivity contribution in [2.24, 2.45) is 11.7 Å². The molecule has 2 rings (SSSR count). The quantitative estimate of drug-likeness (QED) is 0.825. The predicted octanol–water partition coefficient (Wildman–Crippen LogP) is 2.67. The number of nitrogens with one attached hydrogen (secondary N) is 1. The minimum Gasteiger partial charge on any atom is -0.382 e. The molecule has 88 valence electrons. The van der Waals surface area contributed by atoms with Gasteiger partial charge in [-0.3, -0.25) is 0 Å². The van der Waals surface area contributed by atoms with Crippen molar-refractivity contribution in [1.29, 1.82) is 0 Å². The second-order valence-corrected chi connectivity index (χ2v) is 4.59. The van der Waals surface area contributed by atoms with E-state index in [0.29, 0.717) is 24.1 Å². The van der Waals surface area contributed by atoms with Crippen molar-refractivity contribution >= 4 is 5.69 Å². The Hall–Kier alpha value is -1.09. The lowest BCUT2D eigenvalue weighted by molar-refractivity contribution is 0.516. The maximum atomic E-state index is 13.4. The monoisotopic (exact) mass is 222 g/mol. The molecule has 3 heteroatoms. The van der Waals surface area contributed by atoms with Crippen LogP contribution in [0.5, 0.6) is 0 Å². The number of benzene rings is 1. The van der Waals surface area contributed by atoms with Gasteiger partial charge in [0.1, 0.15) is 5.82 Å². The van der Waals surface area contributed by atoms with Crippen LogP contribution in [0, 0.1) is 18.7 Å². The Kier molecular flexibility index (Phi) is 3.44. The van der Waals surface area contributed by atoms with Crippen molar-refractivity contribution in [2.75, 3.05) is 11.9 Å². The molecule has 1 aromatic carbocycles. The van der Waals surface area contributed by atoms with Crippen LogP contribution in [0.1, 0.15) is 24.8 Å². The molecule has 3 N–H and O–H groups in total. The summed E-state index contributed by atoms with van der Waals surface area (Å²) in [5.41, 5.74) is 7.34. The van der Waals surface area contributed by atoms with Crippen LogP contribution in [0.4, 0.5) is 10.1 Å². The van der Waals surface area contributed by atoms with Gasteiger partial charge in [-0.05, 0) is 44.4 Å². The molecule has 0 amide bonds. The zero-order valence-electron chi connectivity index (χ0n) is 9.67. The highest BCUT2D eigenvalue weighted by atomic mass is 19.1. The van der Waals surface area contributed by atoms with Gasteiger partial charge in [0, 0.05) is 17.3 Å². The number of anilines is 1. The largest absolute Gasteiger partial charge is 0.382 e. The van der Waals surface area contributed by atoms with E-state index in [-0.39, 0.29) is 5.82 Å². The predicted molar refractivity (Wildman–Crippen MR) is 64.9 cm³/mol. The molecule has 1 aromatic rings. The molecule has 0 bridgehead atoms. The van der Waals surface area contributed by atoms with E-state index in [1.165, 1.54) is 18.9 Å². The van der Waals surface area contributed by atoms with E-state index in [4.69, 9.17) is 5.73 Å². The van der Waals surface area contributed by atoms with Crippen LogP contribution >= 0.6 is 0 Å². The second kappa shape index (κ2) is 4.83. The number of hydrogen-bond donors (Lipinski definition) is 2. The summed E-state index contributed by atoms with van der Waals surface area (Å²) < 4.78 is 13.4. The molecule has 1 saturated carbocycles. The van der Waals surface area contributed by atoms with Gasteiger partial charge in [0.15, 0.2) is 0 Å². The molecular formula is C13H19FN2. The lowest BCUT2D eigenvalue weighted by Gasteiger charge is -2.22. The minimum absolute atomic E-state index is 0.146. The summed E-state index contributed by atoms with van der Waals surface area (Å²) in [6.07, 6.45) is 3.54. The lowest BCUT2D eigenvalue weighted by Crippen LogP contribution is -2.29. The second-order valence-electron chi connectivity index (χ2n) is 4.59. The van der Waals surface area contributed by atoms with Crippen LogP contribution < -0.4 is 11.1 Å². The van der Waals surface area contributed by atoms with Crippen molar-refractivity contribution in [3.8, 4) is 0 Å². The SMILES string of the molecule is Cc1c(F)cccc1NC1CCCC1CN. The maximum absolute atomic E-state index is 13.4. The Morgan fingerprint density at radius 3 is 3.00 bits per heavy atom. The van der Waals surface area contributed by atoms with Crippen LogP contribution in [0.3, 0.4) is 0 Å². The van der Waals surface area contributed by atoms with Crippen LogP contribution in [-0.4, -0.2) is 12.6 Å². The molecule has 1 fully saturated rings. The Bertz CT molecular complexity index is 365. The van der Waals surface area contributed by atoms with Crippen LogP contribution in [0.25, 0.3) is 0 Å². The van der Waals surface area contributed by atoms with Gasteiger partial charge >= 0.3 is 0 Å². The van der Waals surface area contributed by atoms with Crippen molar-refractivity contribution in [3.05, 3.63) is 29.6 Å². The number of hydrogen-bond acceptors (Lipinski definition) is 2. The van der Waals surface area contributed by atoms with Crippen molar-refractivity contribution in [2.45, 2.75) is 32.2 Å². The third-order valence-corrected chi connectivity index (χ3v) is 3.57. The average molecular weight is 222 g/mol. The minimum atomic E-state index is -0.146. The van der Waals surface area contributed by atoms with Gasteiger partial charge in [-0.15, -0.1) is 0 Å². The van der Waals surface area contributed by atoms with Gasteiger partial charge in [-0.25, -0.2) is 4.39 Å². The Morgan fingerprint density at radius 2 is 2.25 bits per heavy atom. The molecule has 0 spiro atoms. The molecule has 2 unspecified atom stereocenters. The van der Waals surface area contributed by atoms with Crippen molar-refractivity contribution < 1.29 is 4.39 Å². The van der Waals surface area contributed by atoms with Gasteiger partial charge in [0.25, 0.3) is 0 Å². The summed E-state index contributed by atoms with van der Waals surface area (Å²) in [5.74, 6) is 0.384. The van der Waals surface area contributed by atoms with E-state index in [1.54, 1.807) is 6.07 Å². The first-order chi connectivity index (χ1) is 7.72. The van der Waals surface area contributed by atoms with Crippen molar-refractivity contribution in [3.63, 3.8) is 0 Å². The zero-order valence-corrected chi connectivity index (χ0v) is 9.67. The summed E-state index contributed by atoms with van der Waals surface area (Å²) in [6, 6.07) is 5.59. The van der Waals surface area contributed by atoms with Gasteiger partial charge < -0.3 is 11.1 Å². The van der Waals surface area contributed by atoms with Gasteiger partial charge in [0.05, 0.1) is 0 Å². The lowest BCUT2D eigenvalue weighted by atomic mass is 10.0. The molecule has 1 aliphatic carbocycles. The van der Waals surface area contributed by atoms with E-state index in [9.17, 15) is 4.39 Å². The van der Waals surface area contributed by atoms with Crippen LogP contribution in [0.2, 0.25) is 0 Å². The summed E-state index contributed by atoms with van der Waals surface area (Å²) >= 11 is 0. The summed E-state index contributed by atoms with van der Waals surface area (Å²) in [6.45, 7) is 2.52. The normalized spacial score (nSPS) is 24.7. The zero-order chi connectivity index (χ0) is 11.5. The molecule has 0 saturated heterocycles. The Labute approximate surface area is 96.0 Å². The first-order valence-corrected chi connectivity index (χ1v) is 5.94. The topological polar surface area (TPSA) is 38.0 Å². The fourth-order valence-electron chi connectivity index (χ4n) is 2.47. The number of nitrogens with two attached hydrogens (primary N) is 1. The van der Waals surface area contributed by atoms with E-state index >= 15 is 0 Å². The highest BCUT2D eigenvalue weighted by Gasteiger charge is 2.26. The smallest absolute Gasteiger partial charge is 0.128 e. The molecule has 0 radical (unpaired) electrons. The molecule has 0 heterocycles. The first-order valence-electron chi connectivity index (χ1n) is 5.94. The molecule has 16 heavy (non-hydrogen) atoms. The highest BCUT2D eigenvalue weighted by molar-refractivity contribution is 5.51. The molecule has 1 aliphatic rings. The van der Waals surface area contributed by atoms with Crippen LogP contribution in [-0.2, 0) is 0 Å². The van der Waals surface area contributed by atoms with Gasteiger partial charge in [-0.2, -0.15) is 0 Å². The third-order valence-electron chi connectivity index (χ3n) is 3.57. The molecule has 0 aromatic heterocycles. The van der Waals surface area contributed by atoms with Gasteiger partial charge in [-0.1, -0.05) is 12.5 Å². The molecule has 2 nitrogen and oxygen atoms in total. The summed E-state index contributed by atoms with van der Waals surface area (Å²) in [4.78, 5) is 0. The summed E-state index contributed by atoms with van der Waals surface area (Å²) in [7, 11) is 0. The Morgan fingerprint density at radius 1 is 1.44 bits per heavy atom. The van der Waals surface area contributed by atoms with Crippen LogP contribution in [0.15, 0.2) is 18.2 Å². The molecule has 2 atom stereocenters. The number of rotatable bonds is 3. The fraction of sp³-hybridized carbons (Fsp3) is 0.538. The first kappa shape index (κ1) is 11.4. The molecule has 0 aliphatic heterocycles. The number of halogens is 1. The van der Waals surface area contributed by atoms with E-state index in [1.807, 2.05) is 13.0 Å². The molecular weight excluding hydrogens is 203 g/mol. The highest BCUT2D eigenvalue weighted by Crippen LogP contribution is 2.29. The van der Waals surface area contributed by atoms with E-state index in [2.05, 4.69) is 5.32 Å². The standard InChI is InChI=1S/C13H19FN2/c1-9-11(14)5-3-6-12(9)16-13-7-2-4-10(13)8-15/h3,5-6,10,13,16H,2,4,7-8,15H2,1H3. The average Bonchev–Trinajstić information content (AvgIpc) is 2.72.